The van der Waals surface area contributed by atoms with Crippen molar-refractivity contribution >= 4 is 16.8 Å². The summed E-state index contributed by atoms with van der Waals surface area (Å²) in [5, 5.41) is 7.53. The first kappa shape index (κ1) is 16.4. The highest BCUT2D eigenvalue weighted by molar-refractivity contribution is 5.79. The minimum absolute atomic E-state index is 0.102. The third-order valence-corrected chi connectivity index (χ3v) is 4.84. The van der Waals surface area contributed by atoms with Crippen molar-refractivity contribution in [2.75, 3.05) is 0 Å². The molecule has 3 aromatic rings. The second kappa shape index (κ2) is 6.36. The van der Waals surface area contributed by atoms with Crippen LogP contribution in [0.4, 0.5) is 0 Å². The number of carbonyl (C=O) groups excluding carboxylic acids is 1. The number of para-hydroxylation sites is 1. The van der Waals surface area contributed by atoms with E-state index in [9.17, 15) is 9.59 Å². The molecule has 1 aliphatic carbocycles. The van der Waals surface area contributed by atoms with Crippen LogP contribution in [0.15, 0.2) is 39.9 Å². The van der Waals surface area contributed by atoms with Crippen molar-refractivity contribution in [2.24, 2.45) is 0 Å². The highest BCUT2D eigenvalue weighted by atomic mass is 16.5. The molecule has 2 heterocycles. The molecule has 8 heteroatoms. The highest BCUT2D eigenvalue weighted by Crippen LogP contribution is 2.37. The molecule has 0 atom stereocenters. The predicted molar refractivity (Wildman–Crippen MR) is 93.3 cm³/mol. The molecule has 1 saturated carbocycles. The Morgan fingerprint density at radius 3 is 2.81 bits per heavy atom. The van der Waals surface area contributed by atoms with E-state index in [-0.39, 0.29) is 18.0 Å². The Balaban J connectivity index is 1.58. The normalized spacial score (nSPS) is 16.0. The smallest absolute Gasteiger partial charge is 0.261 e. The van der Waals surface area contributed by atoms with Gasteiger partial charge in [-0.25, -0.2) is 4.98 Å². The lowest BCUT2D eigenvalue weighted by Gasteiger charge is -2.26. The maximum Gasteiger partial charge on any atom is 0.261 e. The van der Waals surface area contributed by atoms with Crippen LogP contribution in [0.5, 0.6) is 0 Å². The number of aryl methyl sites for hydroxylation is 1. The van der Waals surface area contributed by atoms with Gasteiger partial charge in [-0.05, 0) is 25.0 Å². The number of aromatic nitrogens is 4. The van der Waals surface area contributed by atoms with Crippen LogP contribution in [0, 0.1) is 6.92 Å². The Labute approximate surface area is 149 Å². The number of amides is 1. The summed E-state index contributed by atoms with van der Waals surface area (Å²) < 4.78 is 6.41. The molecule has 26 heavy (non-hydrogen) atoms. The first-order valence-electron chi connectivity index (χ1n) is 8.63. The van der Waals surface area contributed by atoms with E-state index in [0.717, 1.165) is 25.7 Å². The Bertz CT molecular complexity index is 1020. The number of hydrogen-bond acceptors (Lipinski definition) is 6. The fourth-order valence-corrected chi connectivity index (χ4v) is 3.56. The molecule has 4 rings (SSSR count). The van der Waals surface area contributed by atoms with Gasteiger partial charge in [0, 0.05) is 6.92 Å². The minimum atomic E-state index is -0.622. The van der Waals surface area contributed by atoms with Gasteiger partial charge in [-0.15, -0.1) is 0 Å². The molecule has 0 unspecified atom stereocenters. The summed E-state index contributed by atoms with van der Waals surface area (Å²) in [4.78, 5) is 33.8. The van der Waals surface area contributed by atoms with Crippen LogP contribution in [-0.2, 0) is 16.9 Å². The molecule has 1 fully saturated rings. The number of benzene rings is 1. The van der Waals surface area contributed by atoms with Crippen LogP contribution < -0.4 is 10.9 Å². The summed E-state index contributed by atoms with van der Waals surface area (Å²) in [6.07, 6.45) is 4.87. The van der Waals surface area contributed by atoms with Gasteiger partial charge in [-0.1, -0.05) is 30.1 Å². The molecular weight excluding hydrogens is 334 g/mol. The van der Waals surface area contributed by atoms with Crippen molar-refractivity contribution in [3.05, 3.63) is 52.7 Å². The van der Waals surface area contributed by atoms with Gasteiger partial charge in [-0.2, -0.15) is 4.98 Å². The number of carbonyl (C=O) groups is 1. The largest absolute Gasteiger partial charge is 0.342 e. The summed E-state index contributed by atoms with van der Waals surface area (Å²) in [5.74, 6) is 0.703. The monoisotopic (exact) mass is 353 g/mol. The van der Waals surface area contributed by atoms with Crippen LogP contribution in [0.25, 0.3) is 10.9 Å². The van der Waals surface area contributed by atoms with Gasteiger partial charge in [0.15, 0.2) is 5.82 Å². The SMILES string of the molecule is Cc1nc(C2(NC(=O)Cn3cnc4ccccc4c3=O)CCCC2)no1. The summed E-state index contributed by atoms with van der Waals surface area (Å²) in [6, 6.07) is 7.08. The van der Waals surface area contributed by atoms with Crippen LogP contribution in [-0.4, -0.2) is 25.6 Å². The lowest BCUT2D eigenvalue weighted by Crippen LogP contribution is -2.46. The molecule has 2 aromatic heterocycles. The molecule has 1 amide bonds. The molecule has 0 radical (unpaired) electrons. The lowest BCUT2D eigenvalue weighted by molar-refractivity contribution is -0.123. The zero-order valence-electron chi connectivity index (χ0n) is 14.4. The van der Waals surface area contributed by atoms with Crippen molar-refractivity contribution < 1.29 is 9.32 Å². The van der Waals surface area contributed by atoms with Crippen molar-refractivity contribution in [1.29, 1.82) is 0 Å². The van der Waals surface area contributed by atoms with Crippen LogP contribution in [0.2, 0.25) is 0 Å². The minimum Gasteiger partial charge on any atom is -0.342 e. The molecule has 8 nitrogen and oxygen atoms in total. The summed E-state index contributed by atoms with van der Waals surface area (Å²) in [5.41, 5.74) is -0.242. The molecule has 1 aromatic carbocycles. The van der Waals surface area contributed by atoms with Crippen LogP contribution in [0.1, 0.15) is 37.4 Å². The standard InChI is InChI=1S/C18H19N5O3/c1-12-20-17(22-26-12)18(8-4-5-9-18)21-15(24)10-23-11-19-14-7-3-2-6-13(14)16(23)25/h2-3,6-7,11H,4-5,8-10H2,1H3,(H,21,24). The first-order valence-corrected chi connectivity index (χ1v) is 8.63. The fraction of sp³-hybridized carbons (Fsp3) is 0.389. The van der Waals surface area contributed by atoms with Gasteiger partial charge in [0.2, 0.25) is 11.8 Å². The third kappa shape index (κ3) is 2.87. The number of fused-ring (bicyclic) bond motifs is 1. The van der Waals surface area contributed by atoms with Crippen LogP contribution in [0.3, 0.4) is 0 Å². The first-order chi connectivity index (χ1) is 12.6. The zero-order chi connectivity index (χ0) is 18.1. The number of nitrogens with one attached hydrogen (secondary N) is 1. The molecule has 1 N–H and O–H groups in total. The van der Waals surface area contributed by atoms with Gasteiger partial charge in [0.25, 0.3) is 5.56 Å². The molecular formula is C18H19N5O3. The average molecular weight is 353 g/mol. The van der Waals surface area contributed by atoms with Gasteiger partial charge in [0.05, 0.1) is 17.2 Å². The fourth-order valence-electron chi connectivity index (χ4n) is 3.56. The van der Waals surface area contributed by atoms with E-state index in [2.05, 4.69) is 20.4 Å². The second-order valence-corrected chi connectivity index (χ2v) is 6.67. The van der Waals surface area contributed by atoms with Gasteiger partial charge < -0.3 is 9.84 Å². The van der Waals surface area contributed by atoms with Crippen molar-refractivity contribution in [3.63, 3.8) is 0 Å². The molecule has 0 spiro atoms. The van der Waals surface area contributed by atoms with E-state index in [1.807, 2.05) is 6.07 Å². The van der Waals surface area contributed by atoms with E-state index in [1.54, 1.807) is 25.1 Å². The van der Waals surface area contributed by atoms with E-state index in [0.29, 0.717) is 22.6 Å². The Hall–Kier alpha value is -3.03. The zero-order valence-corrected chi connectivity index (χ0v) is 14.4. The number of hydrogen-bond donors (Lipinski definition) is 1. The molecule has 0 aliphatic heterocycles. The van der Waals surface area contributed by atoms with Crippen molar-refractivity contribution in [1.82, 2.24) is 25.0 Å². The summed E-state index contributed by atoms with van der Waals surface area (Å²) in [6.45, 7) is 1.62. The van der Waals surface area contributed by atoms with Crippen LogP contribution >= 0.6 is 0 Å². The van der Waals surface area contributed by atoms with Crippen molar-refractivity contribution in [3.8, 4) is 0 Å². The molecule has 0 saturated heterocycles. The third-order valence-electron chi connectivity index (χ3n) is 4.84. The van der Waals surface area contributed by atoms with E-state index >= 15 is 0 Å². The average Bonchev–Trinajstić information content (AvgIpc) is 3.28. The van der Waals surface area contributed by atoms with E-state index in [4.69, 9.17) is 4.52 Å². The van der Waals surface area contributed by atoms with Gasteiger partial charge >= 0.3 is 0 Å². The van der Waals surface area contributed by atoms with Crippen molar-refractivity contribution in [2.45, 2.75) is 44.7 Å². The molecule has 0 bridgehead atoms. The maximum atomic E-state index is 12.7. The molecule has 134 valence electrons. The second-order valence-electron chi connectivity index (χ2n) is 6.67. The Morgan fingerprint density at radius 1 is 1.31 bits per heavy atom. The summed E-state index contributed by atoms with van der Waals surface area (Å²) >= 11 is 0. The van der Waals surface area contributed by atoms with E-state index in [1.165, 1.54) is 10.9 Å². The predicted octanol–water partition coefficient (Wildman–Crippen LogP) is 1.67. The van der Waals surface area contributed by atoms with E-state index < -0.39 is 5.54 Å². The lowest BCUT2D eigenvalue weighted by atomic mass is 9.96. The number of nitrogens with zero attached hydrogens (tertiary/aromatic N) is 4. The van der Waals surface area contributed by atoms with Gasteiger partial charge in [-0.3, -0.25) is 14.2 Å². The number of rotatable bonds is 4. The highest BCUT2D eigenvalue weighted by Gasteiger charge is 2.41. The quantitative estimate of drug-likeness (QED) is 0.765. The Kier molecular flexibility index (Phi) is 4.02. The summed E-state index contributed by atoms with van der Waals surface area (Å²) in [7, 11) is 0. The molecule has 1 aliphatic rings. The van der Waals surface area contributed by atoms with Gasteiger partial charge in [0.1, 0.15) is 12.1 Å². The topological polar surface area (TPSA) is 103 Å². The Morgan fingerprint density at radius 2 is 2.08 bits per heavy atom. The maximum absolute atomic E-state index is 12.7.